The minimum absolute atomic E-state index is 0.333. The summed E-state index contributed by atoms with van der Waals surface area (Å²) in [5.41, 5.74) is 8.16. The number of hydrogen-bond acceptors (Lipinski definition) is 5. The smallest absolute Gasteiger partial charge is 0.337 e. The maximum atomic E-state index is 11.7. The van der Waals surface area contributed by atoms with Gasteiger partial charge in [-0.1, -0.05) is 42.2 Å². The molecule has 1 unspecified atom stereocenters. The van der Waals surface area contributed by atoms with Crippen LogP contribution in [0.15, 0.2) is 60.7 Å². The van der Waals surface area contributed by atoms with Crippen molar-refractivity contribution < 1.29 is 19.0 Å². The van der Waals surface area contributed by atoms with Crippen LogP contribution in [0.5, 0.6) is 11.5 Å². The molecule has 2 aliphatic rings. The van der Waals surface area contributed by atoms with Crippen molar-refractivity contribution >= 4 is 16.9 Å². The maximum absolute atomic E-state index is 11.7. The number of nitrogens with one attached hydrogen (secondary N) is 1. The van der Waals surface area contributed by atoms with Gasteiger partial charge >= 0.3 is 5.97 Å². The fraction of sp³-hybridized carbons (Fsp3) is 0.0952. The number of carbonyl (C=O) groups excluding carboxylic acids is 1. The number of esters is 1. The summed E-state index contributed by atoms with van der Waals surface area (Å²) in [6, 6.07) is 20.5. The zero-order valence-corrected chi connectivity index (χ0v) is 59.0. The van der Waals surface area contributed by atoms with Gasteiger partial charge in [0.1, 0.15) is 6.61 Å². The Morgan fingerprint density at radius 2 is 0.658 bits per heavy atom. The molecule has 488 valence electrons. The number of para-hydroxylation sites is 1. The molecular weight excluding hydrogens is 1350 g/mol. The quantitative estimate of drug-likeness (QED) is 0.187. The molecular formula is C105H34N2O4. The van der Waals surface area contributed by atoms with E-state index in [1.54, 1.807) is 33.1 Å². The third-order valence-corrected chi connectivity index (χ3v) is 12.0. The van der Waals surface area contributed by atoms with Gasteiger partial charge in [0.2, 0.25) is 0 Å². The number of hydrogen-bond donors (Lipinski definition) is 1. The highest BCUT2D eigenvalue weighted by Crippen LogP contribution is 2.44. The molecule has 1 aromatic heterocycles. The Kier molecular flexibility index (Phi) is 41.8. The van der Waals surface area contributed by atoms with Gasteiger partial charge in [-0.15, -0.1) is 0 Å². The van der Waals surface area contributed by atoms with Crippen LogP contribution >= 0.6 is 0 Å². The van der Waals surface area contributed by atoms with Gasteiger partial charge < -0.3 is 19.2 Å². The summed E-state index contributed by atoms with van der Waals surface area (Å²) in [5, 5.41) is 1.33. The normalized spacial score (nSPS) is 8.02. The standard InChI is InChI=1S/C76H6.C29H28N2O4/c1-3-5-7-9-11-13-15-17-19-21-23-25-27-29-31-33-35-37-39-41-43-45-47-49-51-53-55-57-59-61-63-65-67-69-71-73-75-76-74-72-70-68-66-64-62-60-58-56-54-52-50-48-46-44-42-40-38-36-34-32-30-28-26-24-22-20-18-16-14-12-10-8-6-4-2;1-33-27-15-22-20(13-28(27)35-17-18-7-9-19(10-8-18)29(32)34-2)11-12-31-16-25-23(14-26(22)31)21-5-3-4-6-24(21)30-25/h1-2H3;3-10,13,15,26,30H,11-12,14,16-17H2,1-2H3. The van der Waals surface area contributed by atoms with E-state index in [1.165, 1.54) is 40.4 Å². The van der Waals surface area contributed by atoms with Crippen LogP contribution < -0.4 is 9.47 Å². The van der Waals surface area contributed by atoms with Gasteiger partial charge in [-0.25, -0.2) is 4.79 Å². The number of methoxy groups -OCH3 is 2. The van der Waals surface area contributed by atoms with Crippen LogP contribution in [-0.4, -0.2) is 36.6 Å². The highest BCUT2D eigenvalue weighted by molar-refractivity contribution is 5.89. The zero-order valence-electron chi connectivity index (χ0n) is 59.0. The Bertz CT molecular complexity index is 6850. The van der Waals surface area contributed by atoms with E-state index in [2.05, 4.69) is 484 Å². The third-order valence-electron chi connectivity index (χ3n) is 12.0. The predicted molar refractivity (Wildman–Crippen MR) is 433 cm³/mol. The molecule has 0 amide bonds. The lowest BCUT2D eigenvalue weighted by Gasteiger charge is -2.40. The van der Waals surface area contributed by atoms with Gasteiger partial charge in [0.25, 0.3) is 0 Å². The van der Waals surface area contributed by atoms with E-state index in [4.69, 9.17) is 14.2 Å². The van der Waals surface area contributed by atoms with Crippen molar-refractivity contribution in [2.24, 2.45) is 0 Å². The largest absolute Gasteiger partial charge is 0.493 e. The molecule has 0 bridgehead atoms. The lowest BCUT2D eigenvalue weighted by Crippen LogP contribution is -2.39. The average Bonchev–Trinajstić information content (AvgIpc) is 1.69. The monoisotopic (exact) mass is 1390 g/mol. The van der Waals surface area contributed by atoms with E-state index < -0.39 is 0 Å². The third kappa shape index (κ3) is 37.6. The minimum Gasteiger partial charge on any atom is -0.493 e. The lowest BCUT2D eigenvalue weighted by molar-refractivity contribution is 0.0600. The molecule has 0 aliphatic carbocycles. The van der Waals surface area contributed by atoms with Crippen LogP contribution in [0.1, 0.15) is 58.2 Å². The van der Waals surface area contributed by atoms with E-state index in [1.807, 2.05) is 12.1 Å². The SMILES string of the molecule is CC#CC#CC#CC#CC#CC#CC#CC#CC#CC#CC#CC#CC#CC#CC#CC#CC#CC#CC#CC#CC#CC#CC#CC#CC#CC#CC#CC#CC#CC#CC#CC#CC#CC#CC#CC#CC#CC.COC(=O)c1ccc(COc2cc3c(cc2OC)C2Cc4c([nH]c5ccccc45)CN2CC3)cc1. The summed E-state index contributed by atoms with van der Waals surface area (Å²) in [6.07, 6.45) is 1.97. The van der Waals surface area contributed by atoms with Crippen molar-refractivity contribution in [1.29, 1.82) is 0 Å². The second-order valence-electron chi connectivity index (χ2n) is 18.7. The zero-order chi connectivity index (χ0) is 78.3. The van der Waals surface area contributed by atoms with Gasteiger partial charge in [0.15, 0.2) is 11.5 Å². The maximum Gasteiger partial charge on any atom is 0.337 e. The van der Waals surface area contributed by atoms with E-state index in [0.717, 1.165) is 43.0 Å². The number of ether oxygens (including phenoxy) is 3. The number of nitrogens with zero attached hydrogens (tertiary/aromatic N) is 1. The van der Waals surface area contributed by atoms with Gasteiger partial charge in [-0.3, -0.25) is 4.90 Å². The summed E-state index contributed by atoms with van der Waals surface area (Å²) in [7, 11) is 3.08. The molecule has 0 spiro atoms. The molecule has 0 fully saturated rings. The van der Waals surface area contributed by atoms with Crippen LogP contribution in [0.4, 0.5) is 0 Å². The van der Waals surface area contributed by atoms with E-state index >= 15 is 0 Å². The Morgan fingerprint density at radius 1 is 0.369 bits per heavy atom. The fourth-order valence-electron chi connectivity index (χ4n) is 7.81. The number of H-pyrrole nitrogens is 1. The average molecular weight is 1390 g/mol. The van der Waals surface area contributed by atoms with Crippen LogP contribution in [0, 0.1) is 438 Å². The lowest BCUT2D eigenvalue weighted by atomic mass is 9.85. The van der Waals surface area contributed by atoms with E-state index in [9.17, 15) is 4.79 Å². The Labute approximate surface area is 652 Å². The first-order chi connectivity index (χ1) is 55.1. The molecule has 1 atom stereocenters. The predicted octanol–water partition coefficient (Wildman–Crippen LogP) is 6.35. The summed E-state index contributed by atoms with van der Waals surface area (Å²) in [5.74, 6) is 187. The first-order valence-corrected chi connectivity index (χ1v) is 31.2. The van der Waals surface area contributed by atoms with Crippen molar-refractivity contribution in [1.82, 2.24) is 9.88 Å². The van der Waals surface area contributed by atoms with Gasteiger partial charge in [-0.2, -0.15) is 0 Å². The Balaban J connectivity index is 0.000000512. The minimum atomic E-state index is -0.342. The molecule has 0 saturated carbocycles. The number of aromatic amines is 1. The van der Waals surface area contributed by atoms with Crippen molar-refractivity contribution in [3.8, 4) is 450 Å². The molecule has 3 heterocycles. The summed E-state index contributed by atoms with van der Waals surface area (Å²) >= 11 is 0. The number of aromatic nitrogens is 1. The molecule has 1 N–H and O–H groups in total. The van der Waals surface area contributed by atoms with Crippen LogP contribution in [-0.2, 0) is 30.7 Å². The summed E-state index contributed by atoms with van der Waals surface area (Å²) in [4.78, 5) is 17.9. The van der Waals surface area contributed by atoms with Crippen molar-refractivity contribution in [3.05, 3.63) is 94.2 Å². The van der Waals surface area contributed by atoms with Gasteiger partial charge in [0.05, 0.1) is 19.8 Å². The summed E-state index contributed by atoms with van der Waals surface area (Å²) < 4.78 is 16.7. The van der Waals surface area contributed by atoms with Gasteiger partial charge in [0, 0.05) is 367 Å². The Hall–Kier alpha value is -20.0. The molecule has 0 saturated heterocycles. The molecule has 6 nitrogen and oxygen atoms in total. The summed E-state index contributed by atoms with van der Waals surface area (Å²) in [6.45, 7) is 5.72. The number of rotatable bonds is 5. The number of fused-ring (bicyclic) bond motifs is 6. The second-order valence-corrected chi connectivity index (χ2v) is 18.7. The van der Waals surface area contributed by atoms with Crippen molar-refractivity contribution in [3.63, 3.8) is 0 Å². The number of carbonyl (C=O) groups is 1. The molecule has 111 heavy (non-hydrogen) atoms. The Morgan fingerprint density at radius 3 is 0.937 bits per heavy atom. The molecule has 4 aromatic rings. The van der Waals surface area contributed by atoms with E-state index in [0.29, 0.717) is 18.2 Å². The fourth-order valence-corrected chi connectivity index (χ4v) is 7.81. The first-order valence-electron chi connectivity index (χ1n) is 31.2. The molecule has 6 rings (SSSR count). The highest BCUT2D eigenvalue weighted by Gasteiger charge is 2.34. The first kappa shape index (κ1) is 81.6. The molecule has 2 aliphatic heterocycles. The van der Waals surface area contributed by atoms with Gasteiger partial charge in [-0.05, 0) is 174 Å². The van der Waals surface area contributed by atoms with Crippen molar-refractivity contribution in [2.75, 3.05) is 20.8 Å². The molecule has 6 heteroatoms. The second kappa shape index (κ2) is 56.8. The van der Waals surface area contributed by atoms with E-state index in [-0.39, 0.29) is 5.97 Å². The van der Waals surface area contributed by atoms with Crippen LogP contribution in [0.2, 0.25) is 0 Å². The highest BCUT2D eigenvalue weighted by atomic mass is 16.5. The van der Waals surface area contributed by atoms with Crippen molar-refractivity contribution in [2.45, 2.75) is 45.9 Å². The van der Waals surface area contributed by atoms with Crippen LogP contribution in [0.3, 0.4) is 0 Å². The molecule has 3 aromatic carbocycles. The molecule has 0 radical (unpaired) electrons. The number of benzene rings is 3. The topological polar surface area (TPSA) is 63.8 Å². The van der Waals surface area contributed by atoms with Crippen LogP contribution in [0.25, 0.3) is 10.9 Å².